The molecule has 4 rings (SSSR count). The molecule has 2 aliphatic rings. The number of aromatic nitrogens is 1. The van der Waals surface area contributed by atoms with Crippen LogP contribution in [-0.4, -0.2) is 56.7 Å². The van der Waals surface area contributed by atoms with Crippen LogP contribution < -0.4 is 0 Å². The van der Waals surface area contributed by atoms with Crippen molar-refractivity contribution in [3.05, 3.63) is 65.0 Å². The molecule has 1 aromatic heterocycles. The molecule has 2 atom stereocenters. The second-order valence-electron chi connectivity index (χ2n) is 7.44. The molecule has 8 nitrogen and oxygen atoms in total. The highest BCUT2D eigenvalue weighted by atomic mass is 16.4. The zero-order valence-corrected chi connectivity index (χ0v) is 15.7. The number of benzene rings is 1. The molecule has 1 saturated heterocycles. The maximum Gasteiger partial charge on any atom is 0.308 e. The highest BCUT2D eigenvalue weighted by Crippen LogP contribution is 2.28. The molecular weight excluding hydrogens is 374 g/mol. The van der Waals surface area contributed by atoms with Crippen LogP contribution in [0.2, 0.25) is 0 Å². The molecule has 148 valence electrons. The number of aliphatic carboxylic acids is 1. The average Bonchev–Trinajstić information content (AvgIpc) is 3.22. The molecule has 1 aromatic carbocycles. The van der Waals surface area contributed by atoms with E-state index in [4.69, 9.17) is 0 Å². The number of carbonyl (C=O) groups excluding carboxylic acids is 3. The van der Waals surface area contributed by atoms with Gasteiger partial charge in [0.05, 0.1) is 23.6 Å². The minimum Gasteiger partial charge on any atom is -0.481 e. The quantitative estimate of drug-likeness (QED) is 0.792. The Bertz CT molecular complexity index is 1020. The molecule has 29 heavy (non-hydrogen) atoms. The monoisotopic (exact) mass is 393 g/mol. The van der Waals surface area contributed by atoms with Crippen molar-refractivity contribution >= 4 is 23.7 Å². The summed E-state index contributed by atoms with van der Waals surface area (Å²) in [5.41, 5.74) is 1.50. The van der Waals surface area contributed by atoms with E-state index in [0.717, 1.165) is 10.5 Å². The Balaban J connectivity index is 1.56. The number of carboxylic acids is 1. The third-order valence-corrected chi connectivity index (χ3v) is 5.52. The van der Waals surface area contributed by atoms with Crippen LogP contribution in [0.3, 0.4) is 0 Å². The minimum absolute atomic E-state index is 0.127. The van der Waals surface area contributed by atoms with Crippen molar-refractivity contribution in [1.29, 1.82) is 0 Å². The molecule has 3 amide bonds. The van der Waals surface area contributed by atoms with Crippen LogP contribution in [0.4, 0.5) is 0 Å². The van der Waals surface area contributed by atoms with Crippen LogP contribution in [0.25, 0.3) is 0 Å². The number of hydrogen-bond acceptors (Lipinski definition) is 5. The highest BCUT2D eigenvalue weighted by molar-refractivity contribution is 6.22. The smallest absolute Gasteiger partial charge is 0.308 e. The molecule has 0 spiro atoms. The SMILES string of the molecule is C[C@@H]1CN(C(=O)c2ccc3c(c2)C(=O)N(Cc2ccncc2)C3=O)C[C@H]1C(=O)O. The second kappa shape index (κ2) is 7.12. The van der Waals surface area contributed by atoms with Crippen molar-refractivity contribution in [3.8, 4) is 0 Å². The molecule has 2 aliphatic heterocycles. The van der Waals surface area contributed by atoms with Gasteiger partial charge in [0.15, 0.2) is 0 Å². The summed E-state index contributed by atoms with van der Waals surface area (Å²) in [7, 11) is 0. The van der Waals surface area contributed by atoms with E-state index in [0.29, 0.717) is 6.54 Å². The lowest BCUT2D eigenvalue weighted by Crippen LogP contribution is -2.30. The van der Waals surface area contributed by atoms with Gasteiger partial charge in [-0.1, -0.05) is 6.92 Å². The summed E-state index contributed by atoms with van der Waals surface area (Å²) in [6.45, 7) is 2.40. The Morgan fingerprint density at radius 3 is 2.41 bits per heavy atom. The van der Waals surface area contributed by atoms with Gasteiger partial charge in [0.25, 0.3) is 17.7 Å². The lowest BCUT2D eigenvalue weighted by atomic mass is 9.99. The lowest BCUT2D eigenvalue weighted by Gasteiger charge is -2.16. The molecule has 0 saturated carbocycles. The van der Waals surface area contributed by atoms with Crippen molar-refractivity contribution in [2.45, 2.75) is 13.5 Å². The molecule has 0 bridgehead atoms. The van der Waals surface area contributed by atoms with E-state index in [9.17, 15) is 24.3 Å². The molecule has 0 aliphatic carbocycles. The number of amides is 3. The number of rotatable bonds is 4. The molecular formula is C21H19N3O5. The van der Waals surface area contributed by atoms with Gasteiger partial charge in [0.1, 0.15) is 0 Å². The normalized spacial score (nSPS) is 20.9. The standard InChI is InChI=1S/C21H19N3O5/c1-12-9-23(11-17(12)21(28)29)18(25)14-2-3-15-16(8-14)20(27)24(19(15)26)10-13-4-6-22-7-5-13/h2-8,12,17H,9-11H2,1H3,(H,28,29)/t12-,17-/m1/s1. The number of imide groups is 1. The van der Waals surface area contributed by atoms with Gasteiger partial charge in [0, 0.05) is 31.0 Å². The largest absolute Gasteiger partial charge is 0.481 e. The fourth-order valence-electron chi connectivity index (χ4n) is 3.87. The zero-order chi connectivity index (χ0) is 20.7. The topological polar surface area (TPSA) is 108 Å². The van der Waals surface area contributed by atoms with E-state index in [1.165, 1.54) is 23.1 Å². The predicted molar refractivity (Wildman–Crippen MR) is 101 cm³/mol. The first-order chi connectivity index (χ1) is 13.9. The molecule has 8 heteroatoms. The van der Waals surface area contributed by atoms with E-state index in [2.05, 4.69) is 4.98 Å². The van der Waals surface area contributed by atoms with Crippen LogP contribution in [0.1, 0.15) is 43.6 Å². The number of pyridine rings is 1. The summed E-state index contributed by atoms with van der Waals surface area (Å²) < 4.78 is 0. The average molecular weight is 393 g/mol. The van der Waals surface area contributed by atoms with E-state index in [-0.39, 0.29) is 41.6 Å². The van der Waals surface area contributed by atoms with Gasteiger partial charge in [0.2, 0.25) is 0 Å². The van der Waals surface area contributed by atoms with Crippen molar-refractivity contribution in [3.63, 3.8) is 0 Å². The van der Waals surface area contributed by atoms with Crippen LogP contribution in [0.5, 0.6) is 0 Å². The third kappa shape index (κ3) is 3.26. The Morgan fingerprint density at radius 2 is 1.76 bits per heavy atom. The van der Waals surface area contributed by atoms with Gasteiger partial charge < -0.3 is 10.0 Å². The first-order valence-corrected chi connectivity index (χ1v) is 9.28. The van der Waals surface area contributed by atoms with Crippen LogP contribution in [0.15, 0.2) is 42.7 Å². The Labute approximate surface area is 166 Å². The Hall–Kier alpha value is -3.55. The first-order valence-electron chi connectivity index (χ1n) is 9.28. The summed E-state index contributed by atoms with van der Waals surface area (Å²) in [5.74, 6) is -2.86. The first kappa shape index (κ1) is 18.8. The number of likely N-dealkylation sites (tertiary alicyclic amines) is 1. The minimum atomic E-state index is -0.922. The van der Waals surface area contributed by atoms with Crippen molar-refractivity contribution < 1.29 is 24.3 Å². The van der Waals surface area contributed by atoms with Gasteiger partial charge in [-0.3, -0.25) is 29.1 Å². The number of carboxylic acid groups (broad SMARTS) is 1. The summed E-state index contributed by atoms with van der Waals surface area (Å²) in [6, 6.07) is 7.89. The Morgan fingerprint density at radius 1 is 1.07 bits per heavy atom. The fraction of sp³-hybridized carbons (Fsp3) is 0.286. The number of carbonyl (C=O) groups is 4. The van der Waals surface area contributed by atoms with E-state index >= 15 is 0 Å². The summed E-state index contributed by atoms with van der Waals surface area (Å²) in [6.07, 6.45) is 3.18. The summed E-state index contributed by atoms with van der Waals surface area (Å²) in [4.78, 5) is 56.1. The molecule has 3 heterocycles. The summed E-state index contributed by atoms with van der Waals surface area (Å²) in [5, 5.41) is 9.27. The van der Waals surface area contributed by atoms with Crippen molar-refractivity contribution in [1.82, 2.24) is 14.8 Å². The predicted octanol–water partition coefficient (Wildman–Crippen LogP) is 1.67. The van der Waals surface area contributed by atoms with Gasteiger partial charge in [-0.25, -0.2) is 0 Å². The van der Waals surface area contributed by atoms with E-state index < -0.39 is 23.7 Å². The fourth-order valence-corrected chi connectivity index (χ4v) is 3.87. The van der Waals surface area contributed by atoms with Crippen molar-refractivity contribution in [2.24, 2.45) is 11.8 Å². The molecule has 0 radical (unpaired) electrons. The molecule has 0 unspecified atom stereocenters. The second-order valence-corrected chi connectivity index (χ2v) is 7.44. The molecule has 1 N–H and O–H groups in total. The highest BCUT2D eigenvalue weighted by Gasteiger charge is 2.39. The Kier molecular flexibility index (Phi) is 4.62. The van der Waals surface area contributed by atoms with Gasteiger partial charge in [-0.05, 0) is 41.8 Å². The maximum absolute atomic E-state index is 12.8. The molecule has 2 aromatic rings. The number of nitrogens with zero attached hydrogens (tertiary/aromatic N) is 3. The van der Waals surface area contributed by atoms with Gasteiger partial charge in [-0.15, -0.1) is 0 Å². The maximum atomic E-state index is 12.8. The van der Waals surface area contributed by atoms with E-state index in [1.807, 2.05) is 0 Å². The zero-order valence-electron chi connectivity index (χ0n) is 15.7. The van der Waals surface area contributed by atoms with Crippen molar-refractivity contribution in [2.75, 3.05) is 13.1 Å². The number of fused-ring (bicyclic) bond motifs is 1. The van der Waals surface area contributed by atoms with E-state index in [1.54, 1.807) is 31.5 Å². The van der Waals surface area contributed by atoms with Crippen LogP contribution >= 0.6 is 0 Å². The van der Waals surface area contributed by atoms with Gasteiger partial charge >= 0.3 is 5.97 Å². The van der Waals surface area contributed by atoms with Crippen LogP contribution in [-0.2, 0) is 11.3 Å². The van der Waals surface area contributed by atoms with Gasteiger partial charge in [-0.2, -0.15) is 0 Å². The third-order valence-electron chi connectivity index (χ3n) is 5.52. The lowest BCUT2D eigenvalue weighted by molar-refractivity contribution is -0.142. The number of hydrogen-bond donors (Lipinski definition) is 1. The summed E-state index contributed by atoms with van der Waals surface area (Å²) >= 11 is 0. The van der Waals surface area contributed by atoms with Crippen LogP contribution in [0, 0.1) is 11.8 Å². The molecule has 1 fully saturated rings.